The van der Waals surface area contributed by atoms with Gasteiger partial charge in [0.05, 0.1) is 36.0 Å². The number of hydrogen-bond donors (Lipinski definition) is 2. The number of nitrogens with one attached hydrogen (secondary N) is 1. The molecule has 3 heterocycles. The summed E-state index contributed by atoms with van der Waals surface area (Å²) in [6.45, 7) is 3.51. The highest BCUT2D eigenvalue weighted by atomic mass is 16.7. The van der Waals surface area contributed by atoms with Crippen molar-refractivity contribution in [3.63, 3.8) is 0 Å². The second-order valence-electron chi connectivity index (χ2n) is 12.4. The van der Waals surface area contributed by atoms with Gasteiger partial charge in [0.15, 0.2) is 6.29 Å². The predicted octanol–water partition coefficient (Wildman–Crippen LogP) is 6.75. The van der Waals surface area contributed by atoms with Gasteiger partial charge in [0, 0.05) is 25.1 Å². The Balaban J connectivity index is 1.07. The first-order valence-corrected chi connectivity index (χ1v) is 16.5. The summed E-state index contributed by atoms with van der Waals surface area (Å²) in [5, 5.41) is 12.5. The highest BCUT2D eigenvalue weighted by Gasteiger charge is 2.33. The van der Waals surface area contributed by atoms with Crippen molar-refractivity contribution in [2.45, 2.75) is 57.3 Å². The summed E-state index contributed by atoms with van der Waals surface area (Å²) in [6, 6.07) is 32.0. The van der Waals surface area contributed by atoms with Crippen molar-refractivity contribution in [2.75, 3.05) is 19.6 Å². The first kappa shape index (κ1) is 31.1. The molecule has 5 aromatic rings. The van der Waals surface area contributed by atoms with E-state index >= 15 is 0 Å². The molecule has 2 aliphatic heterocycles. The molecule has 4 aromatic carbocycles. The smallest absolute Gasteiger partial charge is 0.271 e. The third kappa shape index (κ3) is 7.42. The van der Waals surface area contributed by atoms with Gasteiger partial charge in [0.2, 0.25) is 0 Å². The van der Waals surface area contributed by atoms with Gasteiger partial charge in [0.1, 0.15) is 5.69 Å². The zero-order chi connectivity index (χ0) is 32.0. The van der Waals surface area contributed by atoms with Crippen LogP contribution in [0.3, 0.4) is 0 Å². The predicted molar refractivity (Wildman–Crippen MR) is 181 cm³/mol. The minimum Gasteiger partial charge on any atom is -0.392 e. The second-order valence-corrected chi connectivity index (χ2v) is 12.4. The highest BCUT2D eigenvalue weighted by Crippen LogP contribution is 2.39. The molecule has 240 valence electrons. The van der Waals surface area contributed by atoms with Crippen molar-refractivity contribution in [1.82, 2.24) is 20.2 Å². The topological polar surface area (TPSA) is 96.8 Å². The number of rotatable bonds is 9. The van der Waals surface area contributed by atoms with Crippen LogP contribution in [0, 0.1) is 0 Å². The largest absolute Gasteiger partial charge is 0.392 e. The molecule has 2 saturated heterocycles. The van der Waals surface area contributed by atoms with Gasteiger partial charge in [-0.1, -0.05) is 91.3 Å². The molecule has 1 amide bonds. The molecule has 2 fully saturated rings. The number of aromatic nitrogens is 2. The van der Waals surface area contributed by atoms with Crippen molar-refractivity contribution in [1.29, 1.82) is 0 Å². The van der Waals surface area contributed by atoms with E-state index in [2.05, 4.69) is 62.6 Å². The van der Waals surface area contributed by atoms with E-state index in [1.807, 2.05) is 54.6 Å². The molecule has 0 bridgehead atoms. The average molecular weight is 629 g/mol. The number of fused-ring (bicyclic) bond motifs is 1. The van der Waals surface area contributed by atoms with Gasteiger partial charge < -0.3 is 24.8 Å². The SMILES string of the molecule is O=C(NCc1ccccc1-c1ccc(C2OC(CN3CCCCC3)CC(c3ccc(CO)cc3)O2)cc1)c1cnc2ccccc2n1. The van der Waals surface area contributed by atoms with Crippen LogP contribution in [0.5, 0.6) is 0 Å². The summed E-state index contributed by atoms with van der Waals surface area (Å²) in [4.78, 5) is 24.4. The van der Waals surface area contributed by atoms with E-state index in [0.717, 1.165) is 65.0 Å². The van der Waals surface area contributed by atoms with Gasteiger partial charge >= 0.3 is 0 Å². The molecule has 8 nitrogen and oxygen atoms in total. The lowest BCUT2D eigenvalue weighted by Gasteiger charge is -2.39. The van der Waals surface area contributed by atoms with Gasteiger partial charge in [-0.25, -0.2) is 4.98 Å². The number of hydrogen-bond acceptors (Lipinski definition) is 7. The van der Waals surface area contributed by atoms with Crippen molar-refractivity contribution >= 4 is 16.9 Å². The van der Waals surface area contributed by atoms with E-state index in [0.29, 0.717) is 17.8 Å². The number of benzene rings is 4. The van der Waals surface area contributed by atoms with Crippen LogP contribution in [-0.2, 0) is 22.6 Å². The maximum absolute atomic E-state index is 13.0. The molecule has 1 aromatic heterocycles. The Morgan fingerprint density at radius 3 is 2.34 bits per heavy atom. The van der Waals surface area contributed by atoms with Crippen molar-refractivity contribution in [2.24, 2.45) is 0 Å². The van der Waals surface area contributed by atoms with E-state index in [1.54, 1.807) is 0 Å². The zero-order valence-electron chi connectivity index (χ0n) is 26.4. The number of piperidine rings is 1. The molecule has 7 rings (SSSR count). The van der Waals surface area contributed by atoms with Crippen LogP contribution in [0.25, 0.3) is 22.2 Å². The summed E-state index contributed by atoms with van der Waals surface area (Å²) in [5.74, 6) is -0.264. The van der Waals surface area contributed by atoms with Crippen molar-refractivity contribution in [3.8, 4) is 11.1 Å². The van der Waals surface area contributed by atoms with Gasteiger partial charge in [0.25, 0.3) is 5.91 Å². The number of aliphatic hydroxyl groups is 1. The molecule has 0 spiro atoms. The lowest BCUT2D eigenvalue weighted by Crippen LogP contribution is -2.41. The maximum atomic E-state index is 13.0. The molecule has 3 atom stereocenters. The molecule has 0 aliphatic carbocycles. The Labute approximate surface area is 275 Å². The number of nitrogens with zero attached hydrogens (tertiary/aromatic N) is 3. The molecule has 8 heteroatoms. The van der Waals surface area contributed by atoms with E-state index in [1.165, 1.54) is 25.5 Å². The lowest BCUT2D eigenvalue weighted by molar-refractivity contribution is -0.253. The van der Waals surface area contributed by atoms with Gasteiger partial charge in [-0.3, -0.25) is 9.78 Å². The second kappa shape index (κ2) is 14.5. The Hall–Kier alpha value is -4.47. The van der Waals surface area contributed by atoms with Crippen LogP contribution < -0.4 is 5.32 Å². The first-order chi connectivity index (χ1) is 23.1. The fourth-order valence-corrected chi connectivity index (χ4v) is 6.57. The fourth-order valence-electron chi connectivity index (χ4n) is 6.57. The Morgan fingerprint density at radius 1 is 0.830 bits per heavy atom. The number of aliphatic hydroxyl groups excluding tert-OH is 1. The molecule has 47 heavy (non-hydrogen) atoms. The van der Waals surface area contributed by atoms with Crippen LogP contribution in [0.4, 0.5) is 0 Å². The van der Waals surface area contributed by atoms with Crippen LogP contribution in [0.15, 0.2) is 103 Å². The summed E-state index contributed by atoms with van der Waals surface area (Å²) in [7, 11) is 0. The number of amides is 1. The number of likely N-dealkylation sites (tertiary alicyclic amines) is 1. The quantitative estimate of drug-likeness (QED) is 0.186. The lowest BCUT2D eigenvalue weighted by atomic mass is 9.97. The van der Waals surface area contributed by atoms with E-state index in [9.17, 15) is 9.90 Å². The normalized spacial score (nSPS) is 20.2. The van der Waals surface area contributed by atoms with Gasteiger partial charge in [-0.15, -0.1) is 0 Å². The van der Waals surface area contributed by atoms with E-state index < -0.39 is 6.29 Å². The zero-order valence-corrected chi connectivity index (χ0v) is 26.4. The molecule has 3 unspecified atom stereocenters. The number of ether oxygens (including phenoxy) is 2. The molecular formula is C39H40N4O4. The third-order valence-electron chi connectivity index (χ3n) is 9.16. The minimum absolute atomic E-state index is 0.0239. The van der Waals surface area contributed by atoms with Crippen LogP contribution in [0.2, 0.25) is 0 Å². The van der Waals surface area contributed by atoms with Gasteiger partial charge in [-0.2, -0.15) is 0 Å². The fraction of sp³-hybridized carbons (Fsp3) is 0.308. The van der Waals surface area contributed by atoms with Crippen molar-refractivity contribution < 1.29 is 19.4 Å². The van der Waals surface area contributed by atoms with Crippen LogP contribution in [-0.4, -0.2) is 51.6 Å². The van der Waals surface area contributed by atoms with Crippen LogP contribution >= 0.6 is 0 Å². The molecule has 2 aliphatic rings. The Kier molecular flexibility index (Phi) is 9.63. The van der Waals surface area contributed by atoms with Crippen LogP contribution in [0.1, 0.15) is 70.8 Å². The summed E-state index contributed by atoms with van der Waals surface area (Å²) in [5.41, 5.74) is 7.78. The number of para-hydroxylation sites is 2. The van der Waals surface area contributed by atoms with E-state index in [4.69, 9.17) is 9.47 Å². The summed E-state index contributed by atoms with van der Waals surface area (Å²) < 4.78 is 13.2. The molecule has 0 radical (unpaired) electrons. The van der Waals surface area contributed by atoms with E-state index in [-0.39, 0.29) is 24.7 Å². The first-order valence-electron chi connectivity index (χ1n) is 16.5. The molecule has 0 saturated carbocycles. The number of carbonyl (C=O) groups is 1. The minimum atomic E-state index is -0.493. The third-order valence-corrected chi connectivity index (χ3v) is 9.16. The maximum Gasteiger partial charge on any atom is 0.271 e. The average Bonchev–Trinajstić information content (AvgIpc) is 3.14. The van der Waals surface area contributed by atoms with Crippen molar-refractivity contribution in [3.05, 3.63) is 131 Å². The standard InChI is InChI=1S/C39H40N4O4/c44-26-27-12-14-29(15-13-27)37-22-32(25-43-20-6-1-7-21-43)46-39(47-37)30-18-16-28(17-19-30)33-9-3-2-8-31(33)23-41-38(45)36-24-40-34-10-4-5-11-35(34)42-36/h2-5,8-19,24,32,37,39,44H,1,6-7,20-23,25-26H2,(H,41,45). The molecule has 2 N–H and O–H groups in total. The Morgan fingerprint density at radius 2 is 1.55 bits per heavy atom. The number of carbonyl (C=O) groups excluding carboxylic acids is 1. The monoisotopic (exact) mass is 628 g/mol. The summed E-state index contributed by atoms with van der Waals surface area (Å²) in [6.07, 6.45) is 5.53. The molecular weight excluding hydrogens is 588 g/mol. The Bertz CT molecular complexity index is 1800. The summed E-state index contributed by atoms with van der Waals surface area (Å²) >= 11 is 0. The highest BCUT2D eigenvalue weighted by molar-refractivity contribution is 5.93. The van der Waals surface area contributed by atoms with Gasteiger partial charge in [-0.05, 0) is 65.9 Å².